The Labute approximate surface area is 152 Å². The van der Waals surface area contributed by atoms with Crippen molar-refractivity contribution in [2.45, 2.75) is 26.2 Å². The molecule has 1 heterocycles. The van der Waals surface area contributed by atoms with Crippen LogP contribution in [0, 0.1) is 0 Å². The van der Waals surface area contributed by atoms with Gasteiger partial charge in [-0.15, -0.1) is 0 Å². The van der Waals surface area contributed by atoms with Crippen LogP contribution < -0.4 is 5.32 Å². The molecule has 0 aliphatic rings. The predicted molar refractivity (Wildman–Crippen MR) is 107 cm³/mol. The lowest BCUT2D eigenvalue weighted by molar-refractivity contribution is -0.115. The first-order chi connectivity index (χ1) is 12.6. The molecule has 1 aromatic heterocycles. The summed E-state index contributed by atoms with van der Waals surface area (Å²) in [6.07, 6.45) is 1.98. The molecule has 0 bridgehead atoms. The Kier molecular flexibility index (Phi) is 4.21. The Bertz CT molecular complexity index is 1070. The first-order valence-corrected chi connectivity index (χ1v) is 8.89. The Hall–Kier alpha value is -3.07. The normalized spacial score (nSPS) is 11.3. The average Bonchev–Trinajstić information content (AvgIpc) is 3.05. The van der Waals surface area contributed by atoms with Gasteiger partial charge in [-0.05, 0) is 40.5 Å². The lowest BCUT2D eigenvalue weighted by Gasteiger charge is -2.08. The SMILES string of the molecule is CC(C)c1ccc(NC(=O)Cc2coc3ccc4ccccc4c23)cc1. The lowest BCUT2D eigenvalue weighted by atomic mass is 10.0. The van der Waals surface area contributed by atoms with Gasteiger partial charge in [0.2, 0.25) is 5.91 Å². The van der Waals surface area contributed by atoms with Crippen molar-refractivity contribution < 1.29 is 9.21 Å². The van der Waals surface area contributed by atoms with Crippen LogP contribution in [-0.4, -0.2) is 5.91 Å². The zero-order chi connectivity index (χ0) is 18.1. The predicted octanol–water partition coefficient (Wildman–Crippen LogP) is 5.89. The highest BCUT2D eigenvalue weighted by molar-refractivity contribution is 6.09. The summed E-state index contributed by atoms with van der Waals surface area (Å²) in [4.78, 5) is 12.5. The minimum Gasteiger partial charge on any atom is -0.464 e. The van der Waals surface area contributed by atoms with Crippen molar-refractivity contribution in [1.29, 1.82) is 0 Å². The van der Waals surface area contributed by atoms with E-state index in [2.05, 4.69) is 43.4 Å². The number of benzene rings is 3. The summed E-state index contributed by atoms with van der Waals surface area (Å²) >= 11 is 0. The van der Waals surface area contributed by atoms with Crippen LogP contribution in [0.5, 0.6) is 0 Å². The van der Waals surface area contributed by atoms with Gasteiger partial charge in [0, 0.05) is 16.6 Å². The third-order valence-electron chi connectivity index (χ3n) is 4.75. The maximum Gasteiger partial charge on any atom is 0.228 e. The summed E-state index contributed by atoms with van der Waals surface area (Å²) in [5.41, 5.74) is 3.80. The molecule has 0 unspecified atom stereocenters. The second-order valence-corrected chi connectivity index (χ2v) is 6.92. The van der Waals surface area contributed by atoms with E-state index in [1.165, 1.54) is 5.56 Å². The van der Waals surface area contributed by atoms with Gasteiger partial charge in [0.25, 0.3) is 0 Å². The standard InChI is InChI=1S/C23H21NO2/c1-15(2)16-7-10-19(11-8-16)24-22(25)13-18-14-26-21-12-9-17-5-3-4-6-20(17)23(18)21/h3-12,14-15H,13H2,1-2H3,(H,24,25). The van der Waals surface area contributed by atoms with E-state index in [4.69, 9.17) is 4.42 Å². The molecule has 4 rings (SSSR count). The summed E-state index contributed by atoms with van der Waals surface area (Å²) in [5.74, 6) is 0.434. The summed E-state index contributed by atoms with van der Waals surface area (Å²) in [7, 11) is 0. The number of fused-ring (bicyclic) bond motifs is 3. The van der Waals surface area contributed by atoms with Crippen LogP contribution >= 0.6 is 0 Å². The average molecular weight is 343 g/mol. The van der Waals surface area contributed by atoms with E-state index in [1.807, 2.05) is 36.4 Å². The first-order valence-electron chi connectivity index (χ1n) is 8.89. The van der Waals surface area contributed by atoms with Crippen LogP contribution in [0.25, 0.3) is 21.7 Å². The quantitative estimate of drug-likeness (QED) is 0.502. The van der Waals surface area contributed by atoms with Gasteiger partial charge in [-0.1, -0.05) is 56.3 Å². The number of carbonyl (C=O) groups excluding carboxylic acids is 1. The van der Waals surface area contributed by atoms with E-state index >= 15 is 0 Å². The van der Waals surface area contributed by atoms with Crippen LogP contribution in [0.4, 0.5) is 5.69 Å². The van der Waals surface area contributed by atoms with Gasteiger partial charge in [-0.3, -0.25) is 4.79 Å². The Morgan fingerprint density at radius 2 is 1.77 bits per heavy atom. The molecule has 0 aliphatic heterocycles. The number of nitrogens with one attached hydrogen (secondary N) is 1. The molecule has 3 nitrogen and oxygen atoms in total. The fourth-order valence-corrected chi connectivity index (χ4v) is 3.33. The Balaban J connectivity index is 1.59. The molecule has 1 amide bonds. The van der Waals surface area contributed by atoms with Gasteiger partial charge >= 0.3 is 0 Å². The van der Waals surface area contributed by atoms with Crippen LogP contribution in [0.3, 0.4) is 0 Å². The molecular formula is C23H21NO2. The van der Waals surface area contributed by atoms with Gasteiger partial charge < -0.3 is 9.73 Å². The molecule has 3 aromatic carbocycles. The number of hydrogen-bond acceptors (Lipinski definition) is 2. The fourth-order valence-electron chi connectivity index (χ4n) is 3.33. The molecule has 0 radical (unpaired) electrons. The number of carbonyl (C=O) groups is 1. The lowest BCUT2D eigenvalue weighted by Crippen LogP contribution is -2.14. The van der Waals surface area contributed by atoms with Crippen molar-refractivity contribution in [3.63, 3.8) is 0 Å². The maximum absolute atomic E-state index is 12.5. The molecule has 0 fully saturated rings. The van der Waals surface area contributed by atoms with Crippen LogP contribution in [0.2, 0.25) is 0 Å². The minimum absolute atomic E-state index is 0.0436. The van der Waals surface area contributed by atoms with Gasteiger partial charge in [-0.25, -0.2) is 0 Å². The molecule has 0 atom stereocenters. The molecule has 0 saturated heterocycles. The van der Waals surface area contributed by atoms with Crippen molar-refractivity contribution in [3.8, 4) is 0 Å². The van der Waals surface area contributed by atoms with Crippen molar-refractivity contribution in [1.82, 2.24) is 0 Å². The van der Waals surface area contributed by atoms with Gasteiger partial charge in [0.15, 0.2) is 0 Å². The third-order valence-corrected chi connectivity index (χ3v) is 4.75. The molecule has 4 aromatic rings. The Morgan fingerprint density at radius 1 is 1.00 bits per heavy atom. The molecule has 26 heavy (non-hydrogen) atoms. The molecule has 0 aliphatic carbocycles. The van der Waals surface area contributed by atoms with E-state index in [1.54, 1.807) is 6.26 Å². The summed E-state index contributed by atoms with van der Waals surface area (Å²) < 4.78 is 5.67. The van der Waals surface area contributed by atoms with E-state index < -0.39 is 0 Å². The monoisotopic (exact) mass is 343 g/mol. The smallest absolute Gasteiger partial charge is 0.228 e. The van der Waals surface area contributed by atoms with E-state index in [-0.39, 0.29) is 12.3 Å². The van der Waals surface area contributed by atoms with Gasteiger partial charge in [0.05, 0.1) is 12.7 Å². The maximum atomic E-state index is 12.5. The highest BCUT2D eigenvalue weighted by atomic mass is 16.3. The minimum atomic E-state index is -0.0436. The van der Waals surface area contributed by atoms with Crippen LogP contribution in [-0.2, 0) is 11.2 Å². The molecule has 0 saturated carbocycles. The summed E-state index contributed by atoms with van der Waals surface area (Å²) in [6, 6.07) is 20.2. The van der Waals surface area contributed by atoms with Crippen molar-refractivity contribution in [2.75, 3.05) is 5.32 Å². The summed E-state index contributed by atoms with van der Waals surface area (Å²) in [5, 5.41) is 6.26. The number of anilines is 1. The second kappa shape index (κ2) is 6.68. The zero-order valence-electron chi connectivity index (χ0n) is 15.0. The van der Waals surface area contributed by atoms with Crippen molar-refractivity contribution in [2.24, 2.45) is 0 Å². The number of amides is 1. The topological polar surface area (TPSA) is 42.2 Å². The van der Waals surface area contributed by atoms with E-state index in [9.17, 15) is 4.79 Å². The summed E-state index contributed by atoms with van der Waals surface area (Å²) in [6.45, 7) is 4.31. The fraction of sp³-hybridized carbons (Fsp3) is 0.174. The van der Waals surface area contributed by atoms with E-state index in [0.717, 1.165) is 33.0 Å². The molecule has 3 heteroatoms. The van der Waals surface area contributed by atoms with Crippen LogP contribution in [0.1, 0.15) is 30.9 Å². The number of rotatable bonds is 4. The number of hydrogen-bond donors (Lipinski definition) is 1. The largest absolute Gasteiger partial charge is 0.464 e. The molecular weight excluding hydrogens is 322 g/mol. The molecule has 130 valence electrons. The highest BCUT2D eigenvalue weighted by Gasteiger charge is 2.13. The third kappa shape index (κ3) is 3.08. The molecule has 1 N–H and O–H groups in total. The second-order valence-electron chi connectivity index (χ2n) is 6.92. The van der Waals surface area contributed by atoms with Crippen molar-refractivity contribution in [3.05, 3.63) is 78.1 Å². The van der Waals surface area contributed by atoms with Crippen LogP contribution in [0.15, 0.2) is 71.3 Å². The first kappa shape index (κ1) is 16.4. The van der Waals surface area contributed by atoms with Gasteiger partial charge in [0.1, 0.15) is 5.58 Å². The number of furan rings is 1. The molecule has 0 spiro atoms. The Morgan fingerprint density at radius 3 is 2.54 bits per heavy atom. The zero-order valence-corrected chi connectivity index (χ0v) is 15.0. The van der Waals surface area contributed by atoms with Crippen molar-refractivity contribution >= 4 is 33.3 Å². The highest BCUT2D eigenvalue weighted by Crippen LogP contribution is 2.30. The van der Waals surface area contributed by atoms with Gasteiger partial charge in [-0.2, -0.15) is 0 Å². The van der Waals surface area contributed by atoms with E-state index in [0.29, 0.717) is 5.92 Å².